The Labute approximate surface area is 153 Å². The number of ketones is 1. The van der Waals surface area contributed by atoms with Crippen LogP contribution in [0.3, 0.4) is 0 Å². The van der Waals surface area contributed by atoms with E-state index in [-0.39, 0.29) is 22.8 Å². The lowest BCUT2D eigenvalue weighted by atomic mass is 9.81. The number of amides is 1. The Morgan fingerprint density at radius 2 is 2.15 bits per heavy atom. The number of primary amides is 1. The molecule has 0 aromatic heterocycles. The summed E-state index contributed by atoms with van der Waals surface area (Å²) in [5.74, 6) is -1.60. The van der Waals surface area contributed by atoms with Crippen LogP contribution in [-0.4, -0.2) is 22.4 Å². The lowest BCUT2D eigenvalue weighted by Crippen LogP contribution is -2.28. The van der Waals surface area contributed by atoms with Gasteiger partial charge in [0.1, 0.15) is 0 Å². The van der Waals surface area contributed by atoms with E-state index in [1.54, 1.807) is 13.0 Å². The summed E-state index contributed by atoms with van der Waals surface area (Å²) in [6.45, 7) is 3.06. The standard InChI is InChI=1S/C17H16N4O4S/c1-9-15(10(2)22)16(11-4-3-5-12(6-11)21(24)25)13(7-18)17(20-9)26-8-14(19)23/h3-6,16,20H,8H2,1-2H3,(H2,19,23). The minimum atomic E-state index is -0.756. The first-order chi connectivity index (χ1) is 12.3. The number of Topliss-reactive ketones (excluding diaryl/α,β-unsaturated/α-hetero) is 1. The van der Waals surface area contributed by atoms with Crippen LogP contribution in [0.1, 0.15) is 25.3 Å². The molecule has 0 aliphatic carbocycles. The number of carbonyl (C=O) groups is 2. The van der Waals surface area contributed by atoms with Crippen LogP contribution in [0.5, 0.6) is 0 Å². The van der Waals surface area contributed by atoms with Crippen molar-refractivity contribution in [1.82, 2.24) is 5.32 Å². The molecule has 1 atom stereocenters. The van der Waals surface area contributed by atoms with E-state index in [0.717, 1.165) is 11.8 Å². The van der Waals surface area contributed by atoms with Gasteiger partial charge in [-0.15, -0.1) is 0 Å². The molecule has 134 valence electrons. The maximum absolute atomic E-state index is 12.2. The Kier molecular flexibility index (Phi) is 5.79. The molecule has 1 amide bonds. The van der Waals surface area contributed by atoms with Gasteiger partial charge in [-0.2, -0.15) is 5.26 Å². The number of allylic oxidation sites excluding steroid dienone is 3. The van der Waals surface area contributed by atoms with Gasteiger partial charge in [-0.3, -0.25) is 19.7 Å². The third kappa shape index (κ3) is 3.92. The molecule has 26 heavy (non-hydrogen) atoms. The van der Waals surface area contributed by atoms with Gasteiger partial charge in [0.25, 0.3) is 5.69 Å². The molecule has 1 aliphatic heterocycles. The van der Waals surface area contributed by atoms with Crippen molar-refractivity contribution in [2.75, 3.05) is 5.75 Å². The van der Waals surface area contributed by atoms with Crippen LogP contribution in [-0.2, 0) is 9.59 Å². The summed E-state index contributed by atoms with van der Waals surface area (Å²) in [5.41, 5.74) is 6.59. The number of nitro benzene ring substituents is 1. The van der Waals surface area contributed by atoms with E-state index in [9.17, 15) is 25.0 Å². The van der Waals surface area contributed by atoms with Crippen LogP contribution in [0.15, 0.2) is 46.1 Å². The maximum Gasteiger partial charge on any atom is 0.269 e. The average Bonchev–Trinajstić information content (AvgIpc) is 2.58. The minimum Gasteiger partial charge on any atom is -0.369 e. The predicted molar refractivity (Wildman–Crippen MR) is 96.6 cm³/mol. The Bertz CT molecular complexity index is 898. The summed E-state index contributed by atoms with van der Waals surface area (Å²) in [6, 6.07) is 7.90. The topological polar surface area (TPSA) is 139 Å². The average molecular weight is 372 g/mol. The first-order valence-electron chi connectivity index (χ1n) is 7.54. The Morgan fingerprint density at radius 1 is 1.46 bits per heavy atom. The monoisotopic (exact) mass is 372 g/mol. The first-order valence-corrected chi connectivity index (χ1v) is 8.53. The second-order valence-electron chi connectivity index (χ2n) is 5.61. The van der Waals surface area contributed by atoms with Crippen LogP contribution >= 0.6 is 11.8 Å². The molecule has 9 heteroatoms. The highest BCUT2D eigenvalue weighted by Crippen LogP contribution is 2.41. The number of non-ortho nitro benzene ring substituents is 1. The summed E-state index contributed by atoms with van der Waals surface area (Å²) >= 11 is 1.06. The summed E-state index contributed by atoms with van der Waals surface area (Å²) in [6.07, 6.45) is 0. The summed E-state index contributed by atoms with van der Waals surface area (Å²) in [7, 11) is 0. The van der Waals surface area contributed by atoms with Crippen LogP contribution in [0, 0.1) is 21.4 Å². The molecule has 1 aliphatic rings. The van der Waals surface area contributed by atoms with Gasteiger partial charge in [-0.25, -0.2) is 0 Å². The summed E-state index contributed by atoms with van der Waals surface area (Å²) < 4.78 is 0. The van der Waals surface area contributed by atoms with Gasteiger partial charge in [-0.05, 0) is 19.4 Å². The zero-order valence-corrected chi connectivity index (χ0v) is 14.9. The Hall–Kier alpha value is -3.12. The molecule has 1 heterocycles. The fourth-order valence-electron chi connectivity index (χ4n) is 2.79. The van der Waals surface area contributed by atoms with E-state index in [4.69, 9.17) is 5.73 Å². The number of nitrogens with one attached hydrogen (secondary N) is 1. The Balaban J connectivity index is 2.64. The van der Waals surface area contributed by atoms with Gasteiger partial charge < -0.3 is 11.1 Å². The zero-order valence-electron chi connectivity index (χ0n) is 14.1. The number of dihydropyridines is 1. The molecule has 1 aromatic rings. The highest BCUT2D eigenvalue weighted by molar-refractivity contribution is 8.03. The molecule has 1 unspecified atom stereocenters. The van der Waals surface area contributed by atoms with E-state index in [2.05, 4.69) is 11.4 Å². The Morgan fingerprint density at radius 3 is 2.69 bits per heavy atom. The third-order valence-corrected chi connectivity index (χ3v) is 4.84. The van der Waals surface area contributed by atoms with Crippen molar-refractivity contribution in [3.63, 3.8) is 0 Å². The molecule has 2 rings (SSSR count). The van der Waals surface area contributed by atoms with Gasteiger partial charge >= 0.3 is 0 Å². The highest BCUT2D eigenvalue weighted by atomic mass is 32.2. The van der Waals surface area contributed by atoms with E-state index in [0.29, 0.717) is 21.9 Å². The second kappa shape index (κ2) is 7.84. The number of nitrogens with two attached hydrogens (primary N) is 1. The lowest BCUT2D eigenvalue weighted by molar-refractivity contribution is -0.384. The van der Waals surface area contributed by atoms with Crippen LogP contribution in [0.4, 0.5) is 5.69 Å². The molecular formula is C17H16N4O4S. The second-order valence-corrected chi connectivity index (χ2v) is 6.60. The third-order valence-electron chi connectivity index (χ3n) is 3.80. The van der Waals surface area contributed by atoms with Crippen LogP contribution in [0.2, 0.25) is 0 Å². The molecular weight excluding hydrogens is 356 g/mol. The van der Waals surface area contributed by atoms with E-state index < -0.39 is 16.7 Å². The fourth-order valence-corrected chi connectivity index (χ4v) is 3.62. The molecule has 0 saturated carbocycles. The zero-order chi connectivity index (χ0) is 19.4. The predicted octanol–water partition coefficient (Wildman–Crippen LogP) is 2.10. The number of thioether (sulfide) groups is 1. The quantitative estimate of drug-likeness (QED) is 0.575. The van der Waals surface area contributed by atoms with E-state index >= 15 is 0 Å². The minimum absolute atomic E-state index is 0.0438. The van der Waals surface area contributed by atoms with Gasteiger partial charge in [0, 0.05) is 23.4 Å². The molecule has 8 nitrogen and oxygen atoms in total. The summed E-state index contributed by atoms with van der Waals surface area (Å²) in [4.78, 5) is 33.8. The fraction of sp³-hybridized carbons (Fsp3) is 0.235. The van der Waals surface area contributed by atoms with E-state index in [1.807, 2.05) is 0 Å². The molecule has 0 radical (unpaired) electrons. The van der Waals surface area contributed by atoms with Gasteiger partial charge in [0.2, 0.25) is 5.91 Å². The summed E-state index contributed by atoms with van der Waals surface area (Å²) in [5, 5.41) is 24.2. The molecule has 1 aromatic carbocycles. The van der Waals surface area contributed by atoms with Crippen molar-refractivity contribution in [3.05, 3.63) is 61.8 Å². The number of nitrogens with zero attached hydrogens (tertiary/aromatic N) is 2. The molecule has 0 saturated heterocycles. The van der Waals surface area contributed by atoms with Crippen molar-refractivity contribution >= 4 is 29.1 Å². The van der Waals surface area contributed by atoms with Crippen LogP contribution in [0.25, 0.3) is 0 Å². The SMILES string of the molecule is CC(=O)C1=C(C)NC(SCC(N)=O)=C(C#N)C1c1cccc([N+](=O)[O-])c1. The molecule has 3 N–H and O–H groups in total. The largest absolute Gasteiger partial charge is 0.369 e. The lowest BCUT2D eigenvalue weighted by Gasteiger charge is -2.29. The number of nitriles is 1. The molecule has 0 bridgehead atoms. The first kappa shape index (κ1) is 19.2. The molecule has 0 fully saturated rings. The normalized spacial score (nSPS) is 16.7. The molecule has 0 spiro atoms. The van der Waals surface area contributed by atoms with Crippen molar-refractivity contribution < 1.29 is 14.5 Å². The number of hydrogen-bond donors (Lipinski definition) is 2. The van der Waals surface area contributed by atoms with Gasteiger partial charge in [0.05, 0.1) is 33.3 Å². The number of carbonyl (C=O) groups excluding carboxylic acids is 2. The highest BCUT2D eigenvalue weighted by Gasteiger charge is 2.33. The maximum atomic E-state index is 12.2. The van der Waals surface area contributed by atoms with Crippen molar-refractivity contribution in [1.29, 1.82) is 5.26 Å². The van der Waals surface area contributed by atoms with Gasteiger partial charge in [0.15, 0.2) is 5.78 Å². The van der Waals surface area contributed by atoms with Crippen molar-refractivity contribution in [2.45, 2.75) is 19.8 Å². The number of hydrogen-bond acceptors (Lipinski definition) is 7. The number of rotatable bonds is 6. The van der Waals surface area contributed by atoms with Gasteiger partial charge in [-0.1, -0.05) is 23.9 Å². The van der Waals surface area contributed by atoms with Crippen LogP contribution < -0.4 is 11.1 Å². The van der Waals surface area contributed by atoms with Crippen molar-refractivity contribution in [3.8, 4) is 6.07 Å². The number of benzene rings is 1. The smallest absolute Gasteiger partial charge is 0.269 e. The van der Waals surface area contributed by atoms with Crippen molar-refractivity contribution in [2.24, 2.45) is 5.73 Å². The van der Waals surface area contributed by atoms with E-state index in [1.165, 1.54) is 25.1 Å². The number of nitro groups is 1.